The molecule has 1 unspecified atom stereocenters. The topological polar surface area (TPSA) is 64.0 Å². The van der Waals surface area contributed by atoms with E-state index in [0.29, 0.717) is 18.3 Å². The van der Waals surface area contributed by atoms with E-state index in [1.807, 2.05) is 48.5 Å². The van der Waals surface area contributed by atoms with Gasteiger partial charge in [-0.15, -0.1) is 5.10 Å². The van der Waals surface area contributed by atoms with E-state index in [2.05, 4.69) is 26.0 Å². The Bertz CT molecular complexity index is 1040. The van der Waals surface area contributed by atoms with Gasteiger partial charge in [0.1, 0.15) is 12.4 Å². The molecule has 0 saturated heterocycles. The molecule has 0 bridgehead atoms. The Kier molecular flexibility index (Phi) is 5.57. The fraction of sp³-hybridized carbons (Fsp3) is 0.136. The van der Waals surface area contributed by atoms with Gasteiger partial charge in [-0.05, 0) is 42.0 Å². The van der Waals surface area contributed by atoms with Gasteiger partial charge in [0.25, 0.3) is 0 Å². The van der Waals surface area contributed by atoms with Crippen molar-refractivity contribution in [2.75, 3.05) is 0 Å². The summed E-state index contributed by atoms with van der Waals surface area (Å²) < 4.78 is 13.1. The van der Waals surface area contributed by atoms with E-state index in [4.69, 9.17) is 9.47 Å². The average molecular weight is 452 g/mol. The van der Waals surface area contributed by atoms with Crippen LogP contribution in [0.3, 0.4) is 0 Å². The molecule has 29 heavy (non-hydrogen) atoms. The van der Waals surface area contributed by atoms with Crippen molar-refractivity contribution in [1.82, 2.24) is 9.99 Å². The van der Waals surface area contributed by atoms with Gasteiger partial charge in [0, 0.05) is 29.4 Å². The molecule has 0 N–H and O–H groups in total. The lowest BCUT2D eigenvalue weighted by atomic mass is 10.1. The van der Waals surface area contributed by atoms with Gasteiger partial charge in [-0.3, -0.25) is 9.78 Å². The van der Waals surface area contributed by atoms with Gasteiger partial charge in [-0.2, -0.15) is 5.01 Å². The molecule has 7 heteroatoms. The molecule has 6 nitrogen and oxygen atoms in total. The maximum atomic E-state index is 12.2. The summed E-state index contributed by atoms with van der Waals surface area (Å²) in [5.74, 6) is 0.787. The Balaban J connectivity index is 1.59. The fourth-order valence-corrected chi connectivity index (χ4v) is 3.20. The average Bonchev–Trinajstić information content (AvgIpc) is 3.20. The van der Waals surface area contributed by atoms with Gasteiger partial charge in [0.05, 0.1) is 5.56 Å². The molecule has 1 amide bonds. The molecule has 0 saturated carbocycles. The summed E-state index contributed by atoms with van der Waals surface area (Å²) in [6.07, 6.45) is 2.61. The molecule has 1 aliphatic heterocycles. The molecule has 3 aromatic rings. The van der Waals surface area contributed by atoms with Crippen molar-refractivity contribution in [2.45, 2.75) is 19.8 Å². The van der Waals surface area contributed by atoms with Gasteiger partial charge < -0.3 is 9.47 Å². The standard InChI is InChI=1S/C22H18BrN3O3/c1-15(27)26-22(29-21(25-26)17-10-12-24-13-11-17)19-4-2-3-5-20(19)28-14-16-6-8-18(23)9-7-16/h2-13,22H,14H2,1H3. The number of hydrogen-bond acceptors (Lipinski definition) is 5. The normalized spacial score (nSPS) is 15.6. The van der Waals surface area contributed by atoms with E-state index in [0.717, 1.165) is 21.2 Å². The van der Waals surface area contributed by atoms with Crippen LogP contribution in [0.25, 0.3) is 0 Å². The smallest absolute Gasteiger partial charge is 0.243 e. The van der Waals surface area contributed by atoms with Crippen molar-refractivity contribution in [1.29, 1.82) is 0 Å². The largest absolute Gasteiger partial charge is 0.488 e. The molecule has 0 aliphatic carbocycles. The molecule has 146 valence electrons. The number of halogens is 1. The summed E-state index contributed by atoms with van der Waals surface area (Å²) in [7, 11) is 0. The lowest BCUT2D eigenvalue weighted by Crippen LogP contribution is -2.25. The number of carbonyl (C=O) groups excluding carboxylic acids is 1. The van der Waals surface area contributed by atoms with Gasteiger partial charge in [-0.1, -0.05) is 40.2 Å². The van der Waals surface area contributed by atoms with Crippen molar-refractivity contribution in [2.24, 2.45) is 5.10 Å². The Hall–Kier alpha value is -3.19. The van der Waals surface area contributed by atoms with E-state index >= 15 is 0 Å². The minimum absolute atomic E-state index is 0.221. The first-order valence-electron chi connectivity index (χ1n) is 9.03. The molecule has 1 aromatic heterocycles. The van der Waals surface area contributed by atoms with Crippen LogP contribution in [0.1, 0.15) is 29.8 Å². The minimum Gasteiger partial charge on any atom is -0.488 e. The molecule has 2 heterocycles. The van der Waals surface area contributed by atoms with Crippen LogP contribution in [0.5, 0.6) is 5.75 Å². The Morgan fingerprint density at radius 2 is 1.83 bits per heavy atom. The molecule has 1 aliphatic rings. The molecule has 1 atom stereocenters. The Morgan fingerprint density at radius 3 is 2.55 bits per heavy atom. The van der Waals surface area contributed by atoms with Crippen LogP contribution >= 0.6 is 15.9 Å². The van der Waals surface area contributed by atoms with Crippen LogP contribution in [-0.4, -0.2) is 21.8 Å². The number of ether oxygens (including phenoxy) is 2. The monoisotopic (exact) mass is 451 g/mol. The third-order valence-electron chi connectivity index (χ3n) is 4.39. The molecular weight excluding hydrogens is 434 g/mol. The van der Waals surface area contributed by atoms with Crippen molar-refractivity contribution in [3.05, 3.63) is 94.2 Å². The zero-order valence-corrected chi connectivity index (χ0v) is 17.2. The number of hydrogen-bond donors (Lipinski definition) is 0. The quantitative estimate of drug-likeness (QED) is 0.565. The van der Waals surface area contributed by atoms with Gasteiger partial charge in [0.2, 0.25) is 18.0 Å². The predicted molar refractivity (Wildman–Crippen MR) is 112 cm³/mol. The minimum atomic E-state index is -0.697. The van der Waals surface area contributed by atoms with E-state index in [-0.39, 0.29) is 5.91 Å². The third kappa shape index (κ3) is 4.30. The fourth-order valence-electron chi connectivity index (χ4n) is 2.94. The number of rotatable bonds is 5. The van der Waals surface area contributed by atoms with Crippen molar-refractivity contribution < 1.29 is 14.3 Å². The molecule has 4 rings (SSSR count). The maximum Gasteiger partial charge on any atom is 0.243 e. The van der Waals surface area contributed by atoms with Crippen LogP contribution in [0.2, 0.25) is 0 Å². The number of aromatic nitrogens is 1. The van der Waals surface area contributed by atoms with Gasteiger partial charge in [0.15, 0.2) is 0 Å². The zero-order chi connectivity index (χ0) is 20.2. The lowest BCUT2D eigenvalue weighted by Gasteiger charge is -2.22. The van der Waals surface area contributed by atoms with E-state index < -0.39 is 6.23 Å². The summed E-state index contributed by atoms with van der Waals surface area (Å²) in [5.41, 5.74) is 2.52. The van der Waals surface area contributed by atoms with Crippen molar-refractivity contribution >= 4 is 27.7 Å². The summed E-state index contributed by atoms with van der Waals surface area (Å²) in [6.45, 7) is 1.86. The van der Waals surface area contributed by atoms with E-state index in [1.165, 1.54) is 11.9 Å². The second kappa shape index (κ2) is 8.45. The van der Waals surface area contributed by atoms with Crippen molar-refractivity contribution in [3.63, 3.8) is 0 Å². The van der Waals surface area contributed by atoms with Gasteiger partial charge in [-0.25, -0.2) is 0 Å². The van der Waals surface area contributed by atoms with E-state index in [9.17, 15) is 4.79 Å². The molecule has 0 radical (unpaired) electrons. The second-order valence-corrected chi connectivity index (χ2v) is 7.34. The highest BCUT2D eigenvalue weighted by Crippen LogP contribution is 2.35. The summed E-state index contributed by atoms with van der Waals surface area (Å²) in [5, 5.41) is 5.71. The highest BCUT2D eigenvalue weighted by molar-refractivity contribution is 9.10. The number of para-hydroxylation sites is 1. The van der Waals surface area contributed by atoms with Crippen molar-refractivity contribution in [3.8, 4) is 5.75 Å². The number of benzene rings is 2. The predicted octanol–water partition coefficient (Wildman–Crippen LogP) is 4.66. The highest BCUT2D eigenvalue weighted by atomic mass is 79.9. The summed E-state index contributed by atoms with van der Waals surface area (Å²) in [6, 6.07) is 19.0. The number of pyridine rings is 1. The number of hydrazone groups is 1. The third-order valence-corrected chi connectivity index (χ3v) is 4.92. The first-order chi connectivity index (χ1) is 14.1. The molecule has 0 fully saturated rings. The number of amides is 1. The first kappa shape index (κ1) is 19.1. The number of carbonyl (C=O) groups is 1. The highest BCUT2D eigenvalue weighted by Gasteiger charge is 2.34. The summed E-state index contributed by atoms with van der Waals surface area (Å²) in [4.78, 5) is 16.2. The van der Waals surface area contributed by atoms with Crippen LogP contribution < -0.4 is 4.74 Å². The van der Waals surface area contributed by atoms with Crippen LogP contribution in [0.15, 0.2) is 82.6 Å². The van der Waals surface area contributed by atoms with Crippen LogP contribution in [0.4, 0.5) is 0 Å². The zero-order valence-electron chi connectivity index (χ0n) is 15.7. The lowest BCUT2D eigenvalue weighted by molar-refractivity contribution is -0.135. The second-order valence-electron chi connectivity index (χ2n) is 6.43. The maximum absolute atomic E-state index is 12.2. The van der Waals surface area contributed by atoms with Crippen LogP contribution in [0, 0.1) is 0 Å². The molecule has 0 spiro atoms. The summed E-state index contributed by atoms with van der Waals surface area (Å²) >= 11 is 3.43. The van der Waals surface area contributed by atoms with Gasteiger partial charge >= 0.3 is 0 Å². The first-order valence-corrected chi connectivity index (χ1v) is 9.83. The SMILES string of the molecule is CC(=O)N1N=C(c2ccncc2)OC1c1ccccc1OCc1ccc(Br)cc1. The molecule has 2 aromatic carbocycles. The number of nitrogens with zero attached hydrogens (tertiary/aromatic N) is 3. The molecular formula is C22H18BrN3O3. The Morgan fingerprint density at radius 1 is 1.10 bits per heavy atom. The van der Waals surface area contributed by atoms with Crippen LogP contribution in [-0.2, 0) is 16.1 Å². The Labute approximate surface area is 176 Å². The van der Waals surface area contributed by atoms with E-state index in [1.54, 1.807) is 24.5 Å².